The van der Waals surface area contributed by atoms with E-state index >= 15 is 0 Å². The summed E-state index contributed by atoms with van der Waals surface area (Å²) in [5.41, 5.74) is -1.75. The van der Waals surface area contributed by atoms with E-state index in [0.717, 1.165) is 0 Å². The Labute approximate surface area is 84.2 Å². The van der Waals surface area contributed by atoms with Crippen molar-refractivity contribution in [3.05, 3.63) is 22.4 Å². The molecule has 0 aliphatic heterocycles. The van der Waals surface area contributed by atoms with E-state index in [4.69, 9.17) is 9.79 Å². The van der Waals surface area contributed by atoms with E-state index in [1.807, 2.05) is 0 Å². The summed E-state index contributed by atoms with van der Waals surface area (Å²) in [6.07, 6.45) is -0.190. The first-order valence-corrected chi connectivity index (χ1v) is 6.26. The minimum Gasteiger partial charge on any atom is -0.549 e. The summed E-state index contributed by atoms with van der Waals surface area (Å²) in [4.78, 5) is 28.6. The molecule has 5 nitrogen and oxygen atoms in total. The Morgan fingerprint density at radius 2 is 2.29 bits per heavy atom. The Kier molecular flexibility index (Phi) is 3.44. The van der Waals surface area contributed by atoms with Crippen molar-refractivity contribution in [2.45, 2.75) is 12.1 Å². The predicted molar refractivity (Wildman–Crippen MR) is 48.9 cm³/mol. The van der Waals surface area contributed by atoms with Gasteiger partial charge >= 0.3 is 7.60 Å². The SMILES string of the molecule is O=C([O-])C(Cc1cccs1)P(=O)(O)O. The van der Waals surface area contributed by atoms with Gasteiger partial charge in [-0.15, -0.1) is 11.3 Å². The molecule has 0 saturated carbocycles. The molecule has 1 atom stereocenters. The van der Waals surface area contributed by atoms with Gasteiger partial charge in [-0.05, 0) is 11.4 Å². The van der Waals surface area contributed by atoms with Crippen molar-refractivity contribution in [2.75, 3.05) is 0 Å². The van der Waals surface area contributed by atoms with Crippen LogP contribution >= 0.6 is 18.9 Å². The monoisotopic (exact) mass is 235 g/mol. The van der Waals surface area contributed by atoms with Crippen LogP contribution in [-0.2, 0) is 15.8 Å². The number of carboxylic acid groups (broad SMARTS) is 1. The second kappa shape index (κ2) is 4.23. The minimum atomic E-state index is -4.63. The molecule has 14 heavy (non-hydrogen) atoms. The van der Waals surface area contributed by atoms with Crippen LogP contribution < -0.4 is 5.11 Å². The van der Waals surface area contributed by atoms with Crippen LogP contribution in [0.1, 0.15) is 4.88 Å². The molecule has 0 saturated heterocycles. The van der Waals surface area contributed by atoms with Crippen LogP contribution in [0.4, 0.5) is 0 Å². The topological polar surface area (TPSA) is 97.7 Å². The number of carbonyl (C=O) groups is 1. The second-order valence-electron chi connectivity index (χ2n) is 2.71. The highest BCUT2D eigenvalue weighted by atomic mass is 32.1. The number of hydrogen-bond donors (Lipinski definition) is 2. The average molecular weight is 235 g/mol. The van der Waals surface area contributed by atoms with E-state index in [1.54, 1.807) is 17.5 Å². The summed E-state index contributed by atoms with van der Waals surface area (Å²) in [6.45, 7) is 0. The predicted octanol–water partition coefficient (Wildman–Crippen LogP) is -0.413. The number of hydrogen-bond acceptors (Lipinski definition) is 4. The van der Waals surface area contributed by atoms with Gasteiger partial charge in [0, 0.05) is 11.3 Å². The fraction of sp³-hybridized carbons (Fsp3) is 0.286. The van der Waals surface area contributed by atoms with Crippen molar-refractivity contribution in [2.24, 2.45) is 0 Å². The van der Waals surface area contributed by atoms with Gasteiger partial charge < -0.3 is 19.7 Å². The summed E-state index contributed by atoms with van der Waals surface area (Å²) in [5.74, 6) is -1.72. The highest BCUT2D eigenvalue weighted by molar-refractivity contribution is 7.53. The molecule has 1 aromatic rings. The van der Waals surface area contributed by atoms with Crippen LogP contribution in [0.2, 0.25) is 0 Å². The molecule has 1 heterocycles. The quantitative estimate of drug-likeness (QED) is 0.691. The standard InChI is InChI=1S/C7H9O5PS/c8-7(9)6(13(10,11)12)4-5-2-1-3-14-5/h1-3,6H,4H2,(H,8,9)(H2,10,11,12)/p-1. The normalized spacial score (nSPS) is 13.9. The van der Waals surface area contributed by atoms with Gasteiger partial charge in [-0.3, -0.25) is 4.57 Å². The van der Waals surface area contributed by atoms with E-state index in [9.17, 15) is 14.5 Å². The van der Waals surface area contributed by atoms with Crippen molar-refractivity contribution in [3.63, 3.8) is 0 Å². The highest BCUT2D eigenvalue weighted by Gasteiger charge is 2.30. The van der Waals surface area contributed by atoms with Crippen LogP contribution in [0.3, 0.4) is 0 Å². The summed E-state index contributed by atoms with van der Waals surface area (Å²) < 4.78 is 10.8. The van der Waals surface area contributed by atoms with E-state index in [1.165, 1.54) is 11.3 Å². The molecule has 0 amide bonds. The van der Waals surface area contributed by atoms with Gasteiger partial charge in [-0.2, -0.15) is 0 Å². The smallest absolute Gasteiger partial charge is 0.334 e. The molecule has 1 unspecified atom stereocenters. The molecular weight excluding hydrogens is 227 g/mol. The maximum absolute atomic E-state index is 10.8. The molecule has 7 heteroatoms. The van der Waals surface area contributed by atoms with E-state index < -0.39 is 19.2 Å². The molecule has 0 fully saturated rings. The average Bonchev–Trinajstić information content (AvgIpc) is 2.48. The Hall–Kier alpha value is -0.680. The fourth-order valence-electron chi connectivity index (χ4n) is 0.959. The Bertz CT molecular complexity index is 354. The van der Waals surface area contributed by atoms with Crippen molar-refractivity contribution < 1.29 is 24.3 Å². The zero-order valence-corrected chi connectivity index (χ0v) is 8.70. The van der Waals surface area contributed by atoms with Crippen molar-refractivity contribution >= 4 is 24.9 Å². The van der Waals surface area contributed by atoms with E-state index in [0.29, 0.717) is 4.88 Å². The third-order valence-corrected chi connectivity index (χ3v) is 3.76. The molecule has 1 rings (SSSR count). The van der Waals surface area contributed by atoms with Gasteiger partial charge in [0.1, 0.15) is 5.66 Å². The maximum atomic E-state index is 10.8. The third kappa shape index (κ3) is 2.92. The summed E-state index contributed by atoms with van der Waals surface area (Å²) in [6, 6.07) is 3.31. The van der Waals surface area contributed by atoms with Crippen molar-refractivity contribution in [3.8, 4) is 0 Å². The van der Waals surface area contributed by atoms with Gasteiger partial charge in [-0.1, -0.05) is 6.07 Å². The lowest BCUT2D eigenvalue weighted by Gasteiger charge is -2.18. The van der Waals surface area contributed by atoms with Crippen LogP contribution in [0, 0.1) is 0 Å². The van der Waals surface area contributed by atoms with Gasteiger partial charge in [0.2, 0.25) is 0 Å². The molecule has 1 aromatic heterocycles. The molecular formula is C7H8O5PS-. The molecule has 0 aliphatic carbocycles. The largest absolute Gasteiger partial charge is 0.549 e. The Morgan fingerprint density at radius 3 is 2.64 bits per heavy atom. The van der Waals surface area contributed by atoms with Gasteiger partial charge in [0.15, 0.2) is 0 Å². The minimum absolute atomic E-state index is 0.190. The first kappa shape index (κ1) is 11.4. The van der Waals surface area contributed by atoms with Crippen LogP contribution in [0.25, 0.3) is 0 Å². The van der Waals surface area contributed by atoms with Crippen LogP contribution in [0.15, 0.2) is 17.5 Å². The zero-order chi connectivity index (χ0) is 10.8. The van der Waals surface area contributed by atoms with Gasteiger partial charge in [0.05, 0.1) is 5.97 Å². The summed E-state index contributed by atoms with van der Waals surface area (Å²) >= 11 is 1.25. The second-order valence-corrected chi connectivity index (χ2v) is 5.54. The molecule has 78 valence electrons. The Morgan fingerprint density at radius 1 is 1.64 bits per heavy atom. The lowest BCUT2D eigenvalue weighted by molar-refractivity contribution is -0.305. The number of carbonyl (C=O) groups excluding carboxylic acids is 1. The molecule has 0 radical (unpaired) electrons. The lowest BCUT2D eigenvalue weighted by Crippen LogP contribution is -2.36. The first-order chi connectivity index (χ1) is 6.41. The van der Waals surface area contributed by atoms with Crippen molar-refractivity contribution in [1.29, 1.82) is 0 Å². The third-order valence-electron chi connectivity index (χ3n) is 1.65. The summed E-state index contributed by atoms with van der Waals surface area (Å²) in [7, 11) is -4.63. The number of aliphatic carboxylic acids is 1. The maximum Gasteiger partial charge on any atom is 0.334 e. The number of carboxylic acids is 1. The Balaban J connectivity index is 2.82. The number of thiophene rings is 1. The van der Waals surface area contributed by atoms with Crippen molar-refractivity contribution in [1.82, 2.24) is 0 Å². The summed E-state index contributed by atoms with van der Waals surface area (Å²) in [5, 5.41) is 12.2. The van der Waals surface area contributed by atoms with E-state index in [-0.39, 0.29) is 6.42 Å². The molecule has 0 spiro atoms. The van der Waals surface area contributed by atoms with E-state index in [2.05, 4.69) is 0 Å². The van der Waals surface area contributed by atoms with Crippen LogP contribution in [-0.4, -0.2) is 21.4 Å². The van der Waals surface area contributed by atoms with Crippen LogP contribution in [0.5, 0.6) is 0 Å². The molecule has 0 aliphatic rings. The lowest BCUT2D eigenvalue weighted by atomic mass is 10.2. The van der Waals surface area contributed by atoms with Gasteiger partial charge in [0.25, 0.3) is 0 Å². The van der Waals surface area contributed by atoms with Gasteiger partial charge in [-0.25, -0.2) is 0 Å². The highest BCUT2D eigenvalue weighted by Crippen LogP contribution is 2.42. The molecule has 2 N–H and O–H groups in total. The number of rotatable bonds is 4. The molecule has 0 bridgehead atoms. The fourth-order valence-corrected chi connectivity index (χ4v) is 2.54. The zero-order valence-electron chi connectivity index (χ0n) is 6.99. The first-order valence-electron chi connectivity index (χ1n) is 3.69. The molecule has 0 aromatic carbocycles.